The molecule has 1 spiro atoms. The topological polar surface area (TPSA) is 134 Å². The number of nitrogens with zero attached hydrogens (tertiary/aromatic N) is 1. The first kappa shape index (κ1) is 30.7. The Hall–Kier alpha value is -2.79. The number of rotatable bonds is 10. The van der Waals surface area contributed by atoms with E-state index in [-0.39, 0.29) is 11.5 Å². The first-order chi connectivity index (χ1) is 18.3. The fraction of sp³-hybridized carbons (Fsp3) is 0.815. The summed E-state index contributed by atoms with van der Waals surface area (Å²) in [6.45, 7) is 5.65. The highest BCUT2D eigenvalue weighted by Gasteiger charge is 2.51. The van der Waals surface area contributed by atoms with Crippen molar-refractivity contribution in [1.29, 1.82) is 0 Å². The Labute approximate surface area is 228 Å². The number of nitrogens with one attached hydrogen (secondary N) is 3. The Morgan fingerprint density at radius 1 is 1.00 bits per heavy atom. The molecule has 0 unspecified atom stereocenters. The van der Waals surface area contributed by atoms with Gasteiger partial charge in [0.2, 0.25) is 24.0 Å². The summed E-state index contributed by atoms with van der Waals surface area (Å²) in [5.74, 6) is -3.00. The quantitative estimate of drug-likeness (QED) is 0.354. The van der Waals surface area contributed by atoms with Gasteiger partial charge < -0.3 is 25.6 Å². The van der Waals surface area contributed by atoms with E-state index >= 15 is 0 Å². The van der Waals surface area contributed by atoms with Gasteiger partial charge in [0.1, 0.15) is 12.1 Å². The zero-order valence-electron chi connectivity index (χ0n) is 23.3. The molecule has 1 heterocycles. The highest BCUT2D eigenvalue weighted by molar-refractivity contribution is 6.38. The average Bonchev–Trinajstić information content (AvgIpc) is 3.62. The number of carbonyl (C=O) groups excluding carboxylic acids is 5. The second-order valence-corrected chi connectivity index (χ2v) is 12.3. The Morgan fingerprint density at radius 2 is 1.64 bits per heavy atom. The number of ether oxygens (including phenoxy) is 1. The molecule has 0 aromatic rings. The van der Waals surface area contributed by atoms with Gasteiger partial charge in [0.25, 0.3) is 5.91 Å². The van der Waals surface area contributed by atoms with Gasteiger partial charge in [-0.2, -0.15) is 0 Å². The van der Waals surface area contributed by atoms with Crippen LogP contribution in [0.4, 0.5) is 13.6 Å². The summed E-state index contributed by atoms with van der Waals surface area (Å²) in [6.07, 6.45) is 1.88. The van der Waals surface area contributed by atoms with Crippen LogP contribution >= 0.6 is 0 Å². The van der Waals surface area contributed by atoms with E-state index < -0.39 is 72.4 Å². The lowest BCUT2D eigenvalue weighted by Crippen LogP contribution is -2.59. The van der Waals surface area contributed by atoms with Crippen LogP contribution < -0.4 is 16.0 Å². The Bertz CT molecular complexity index is 943. The average molecular weight is 557 g/mol. The summed E-state index contributed by atoms with van der Waals surface area (Å²) in [5.41, 5.74) is -1.01. The fourth-order valence-corrected chi connectivity index (χ4v) is 5.65. The SMILES string of the molecule is COC(=O)N[C@H](C(=O)N1CC2(CCCCC2)C[C@H]1C(=O)N[C@@H](CCC(F)F)C(=O)C(=O)NC1CC1)C(C)(C)C. The van der Waals surface area contributed by atoms with E-state index in [2.05, 4.69) is 16.0 Å². The smallest absolute Gasteiger partial charge is 0.407 e. The van der Waals surface area contributed by atoms with Gasteiger partial charge in [-0.25, -0.2) is 13.6 Å². The molecule has 3 rings (SSSR count). The lowest BCUT2D eigenvalue weighted by Gasteiger charge is -2.36. The molecule has 2 saturated carbocycles. The number of hydrogen-bond donors (Lipinski definition) is 3. The third kappa shape index (κ3) is 8.11. The summed E-state index contributed by atoms with van der Waals surface area (Å²) >= 11 is 0. The molecule has 0 aromatic heterocycles. The number of amides is 4. The number of ketones is 1. The second-order valence-electron chi connectivity index (χ2n) is 12.3. The summed E-state index contributed by atoms with van der Waals surface area (Å²) in [4.78, 5) is 66.4. The molecule has 3 aliphatic rings. The number of methoxy groups -OCH3 is 1. The largest absolute Gasteiger partial charge is 0.453 e. The van der Waals surface area contributed by atoms with Crippen LogP contribution in [-0.4, -0.2) is 78.7 Å². The van der Waals surface area contributed by atoms with Crippen LogP contribution in [0.5, 0.6) is 0 Å². The first-order valence-corrected chi connectivity index (χ1v) is 13.8. The van der Waals surface area contributed by atoms with Gasteiger partial charge in [0, 0.05) is 19.0 Å². The maximum absolute atomic E-state index is 13.9. The molecule has 0 radical (unpaired) electrons. The van der Waals surface area contributed by atoms with E-state index in [1.807, 2.05) is 0 Å². The van der Waals surface area contributed by atoms with Crippen LogP contribution in [0.2, 0.25) is 0 Å². The second kappa shape index (κ2) is 12.6. The fourth-order valence-electron chi connectivity index (χ4n) is 5.65. The predicted octanol–water partition coefficient (Wildman–Crippen LogP) is 2.69. The Balaban J connectivity index is 1.86. The number of Topliss-reactive ketones (excluding diaryl/α,β-unsaturated/α-hetero) is 1. The van der Waals surface area contributed by atoms with Crippen molar-refractivity contribution in [3.8, 4) is 0 Å². The van der Waals surface area contributed by atoms with E-state index in [0.29, 0.717) is 13.0 Å². The van der Waals surface area contributed by atoms with Crippen molar-refractivity contribution >= 4 is 29.6 Å². The number of alkyl halides is 2. The monoisotopic (exact) mass is 556 g/mol. The molecule has 3 atom stereocenters. The maximum atomic E-state index is 13.9. The van der Waals surface area contributed by atoms with Crippen LogP contribution in [0.1, 0.15) is 85.0 Å². The van der Waals surface area contributed by atoms with Crippen molar-refractivity contribution in [2.75, 3.05) is 13.7 Å². The van der Waals surface area contributed by atoms with Crippen molar-refractivity contribution in [3.05, 3.63) is 0 Å². The molecule has 4 amide bonds. The van der Waals surface area contributed by atoms with Crippen molar-refractivity contribution in [3.63, 3.8) is 0 Å². The number of hydrogen-bond acceptors (Lipinski definition) is 6. The third-order valence-electron chi connectivity index (χ3n) is 8.01. The molecule has 0 bridgehead atoms. The van der Waals surface area contributed by atoms with Crippen molar-refractivity contribution < 1.29 is 37.5 Å². The van der Waals surface area contributed by atoms with Crippen LogP contribution in [0.15, 0.2) is 0 Å². The normalized spacial score (nSPS) is 22.2. The van der Waals surface area contributed by atoms with E-state index in [4.69, 9.17) is 4.74 Å². The zero-order chi connectivity index (χ0) is 29.0. The zero-order valence-corrected chi connectivity index (χ0v) is 23.3. The molecular formula is C27H42F2N4O6. The van der Waals surface area contributed by atoms with Gasteiger partial charge in [0.15, 0.2) is 0 Å². The Kier molecular flexibility index (Phi) is 9.93. The minimum atomic E-state index is -2.71. The van der Waals surface area contributed by atoms with E-state index in [9.17, 15) is 32.8 Å². The number of carbonyl (C=O) groups is 5. The molecule has 220 valence electrons. The van der Waals surface area contributed by atoms with Crippen LogP contribution in [0.3, 0.4) is 0 Å². The van der Waals surface area contributed by atoms with E-state index in [1.54, 1.807) is 20.8 Å². The third-order valence-corrected chi connectivity index (χ3v) is 8.01. The van der Waals surface area contributed by atoms with Gasteiger partial charge in [-0.05, 0) is 49.4 Å². The van der Waals surface area contributed by atoms with Crippen molar-refractivity contribution in [2.45, 2.75) is 116 Å². The van der Waals surface area contributed by atoms with Gasteiger partial charge in [0.05, 0.1) is 13.2 Å². The predicted molar refractivity (Wildman–Crippen MR) is 138 cm³/mol. The number of alkyl carbamates (subject to hydrolysis) is 1. The molecule has 12 heteroatoms. The molecule has 3 fully saturated rings. The summed E-state index contributed by atoms with van der Waals surface area (Å²) < 4.78 is 30.8. The van der Waals surface area contributed by atoms with E-state index in [1.165, 1.54) is 12.0 Å². The van der Waals surface area contributed by atoms with E-state index in [0.717, 1.165) is 44.9 Å². The molecule has 1 aliphatic heterocycles. The number of likely N-dealkylation sites (tertiary alicyclic amines) is 1. The molecule has 2 aliphatic carbocycles. The number of halogens is 2. The van der Waals surface area contributed by atoms with Gasteiger partial charge in [-0.1, -0.05) is 40.0 Å². The highest BCUT2D eigenvalue weighted by atomic mass is 19.3. The molecule has 3 N–H and O–H groups in total. The van der Waals surface area contributed by atoms with Crippen LogP contribution in [0.25, 0.3) is 0 Å². The molecular weight excluding hydrogens is 514 g/mol. The van der Waals surface area contributed by atoms with Crippen molar-refractivity contribution in [2.24, 2.45) is 10.8 Å². The molecule has 0 aromatic carbocycles. The maximum Gasteiger partial charge on any atom is 0.407 e. The van der Waals surface area contributed by atoms with Gasteiger partial charge in [-0.3, -0.25) is 19.2 Å². The van der Waals surface area contributed by atoms with Crippen molar-refractivity contribution in [1.82, 2.24) is 20.9 Å². The highest BCUT2D eigenvalue weighted by Crippen LogP contribution is 2.47. The van der Waals surface area contributed by atoms with Crippen LogP contribution in [-0.2, 0) is 23.9 Å². The summed E-state index contributed by atoms with van der Waals surface area (Å²) in [7, 11) is 1.19. The first-order valence-electron chi connectivity index (χ1n) is 13.8. The molecule has 1 saturated heterocycles. The molecule has 39 heavy (non-hydrogen) atoms. The minimum Gasteiger partial charge on any atom is -0.453 e. The van der Waals surface area contributed by atoms with Gasteiger partial charge >= 0.3 is 6.09 Å². The Morgan fingerprint density at radius 3 is 2.18 bits per heavy atom. The lowest BCUT2D eigenvalue weighted by atomic mass is 9.72. The van der Waals surface area contributed by atoms with Gasteiger partial charge in [-0.15, -0.1) is 0 Å². The standard InChI is InChI=1S/C27H42F2N4O6/c1-26(2,3)21(32-25(38)39-4)24(37)33-15-27(12-6-5-7-13-27)14-18(33)22(35)31-17(10-11-19(28)29)20(34)23(36)30-16-8-9-16/h16-19,21H,5-15H2,1-4H3,(H,30,36)(H,31,35)(H,32,38)/t17-,18-,21+/m0/s1. The summed E-state index contributed by atoms with van der Waals surface area (Å²) in [5, 5.41) is 7.68. The van der Waals surface area contributed by atoms with Crippen LogP contribution in [0, 0.1) is 10.8 Å². The lowest BCUT2D eigenvalue weighted by molar-refractivity contribution is -0.144. The summed E-state index contributed by atoms with van der Waals surface area (Å²) in [6, 6.07) is -3.52. The molecule has 10 nitrogen and oxygen atoms in total. The minimum absolute atomic E-state index is 0.112.